The first-order valence-electron chi connectivity index (χ1n) is 16.5. The SMILES string of the molecule is CCCCN(CCCC)CCc1c(C(C)C)sc2ccc(NC(=O)c3ccc(N(CCC)CCC)cc3)cc12.O=C(O)C(=O)O. The molecular formula is C36H53N3O5S. The summed E-state index contributed by atoms with van der Waals surface area (Å²) in [5, 5.41) is 19.3. The molecule has 1 amide bonds. The van der Waals surface area contributed by atoms with Gasteiger partial charge in [0.2, 0.25) is 0 Å². The maximum Gasteiger partial charge on any atom is 0.414 e. The molecule has 45 heavy (non-hydrogen) atoms. The number of nitrogens with zero attached hydrogens (tertiary/aromatic N) is 2. The van der Waals surface area contributed by atoms with E-state index in [2.05, 4.69) is 87.0 Å². The zero-order valence-electron chi connectivity index (χ0n) is 28.0. The van der Waals surface area contributed by atoms with Gasteiger partial charge in [0.15, 0.2) is 0 Å². The Labute approximate surface area is 273 Å². The molecule has 3 N–H and O–H groups in total. The molecule has 0 aliphatic rings. The minimum Gasteiger partial charge on any atom is -0.473 e. The number of aliphatic carboxylic acids is 2. The highest BCUT2D eigenvalue weighted by atomic mass is 32.1. The smallest absolute Gasteiger partial charge is 0.414 e. The van der Waals surface area contributed by atoms with Crippen LogP contribution in [0.1, 0.15) is 107 Å². The van der Waals surface area contributed by atoms with Gasteiger partial charge in [0.1, 0.15) is 0 Å². The molecule has 0 saturated carbocycles. The van der Waals surface area contributed by atoms with Crippen LogP contribution in [-0.2, 0) is 16.0 Å². The molecule has 0 spiro atoms. The van der Waals surface area contributed by atoms with Crippen LogP contribution in [0.25, 0.3) is 10.1 Å². The van der Waals surface area contributed by atoms with Gasteiger partial charge in [-0.15, -0.1) is 11.3 Å². The fraction of sp³-hybridized carbons (Fsp3) is 0.528. The number of unbranched alkanes of at least 4 members (excludes halogenated alkanes) is 2. The third-order valence-electron chi connectivity index (χ3n) is 7.60. The Morgan fingerprint density at radius 2 is 1.36 bits per heavy atom. The molecule has 248 valence electrons. The number of fused-ring (bicyclic) bond motifs is 1. The lowest BCUT2D eigenvalue weighted by atomic mass is 10.0. The number of hydrogen-bond donors (Lipinski definition) is 3. The molecule has 0 aliphatic heterocycles. The second-order valence-corrected chi connectivity index (χ2v) is 12.8. The van der Waals surface area contributed by atoms with Gasteiger partial charge >= 0.3 is 11.9 Å². The normalized spacial score (nSPS) is 11.0. The van der Waals surface area contributed by atoms with Crippen molar-refractivity contribution in [3.63, 3.8) is 0 Å². The number of benzene rings is 2. The van der Waals surface area contributed by atoms with Crippen molar-refractivity contribution in [3.05, 3.63) is 58.5 Å². The Hall–Kier alpha value is -3.43. The van der Waals surface area contributed by atoms with Crippen molar-refractivity contribution in [1.29, 1.82) is 0 Å². The number of rotatable bonds is 17. The second-order valence-electron chi connectivity index (χ2n) is 11.7. The summed E-state index contributed by atoms with van der Waals surface area (Å²) in [6.45, 7) is 19.1. The predicted octanol–water partition coefficient (Wildman–Crippen LogP) is 8.50. The van der Waals surface area contributed by atoms with Crippen molar-refractivity contribution in [2.24, 2.45) is 0 Å². The van der Waals surface area contributed by atoms with E-state index in [0.717, 1.165) is 44.6 Å². The summed E-state index contributed by atoms with van der Waals surface area (Å²) in [6, 6.07) is 14.5. The van der Waals surface area contributed by atoms with E-state index in [4.69, 9.17) is 19.8 Å². The van der Waals surface area contributed by atoms with Gasteiger partial charge in [-0.3, -0.25) is 4.79 Å². The first kappa shape index (κ1) is 37.8. The fourth-order valence-corrected chi connectivity index (χ4v) is 6.51. The van der Waals surface area contributed by atoms with Gasteiger partial charge in [-0.05, 0) is 105 Å². The van der Waals surface area contributed by atoms with Crippen LogP contribution in [0.5, 0.6) is 0 Å². The quantitative estimate of drug-likeness (QED) is 0.127. The summed E-state index contributed by atoms with van der Waals surface area (Å²) in [5.41, 5.74) is 4.23. The summed E-state index contributed by atoms with van der Waals surface area (Å²) in [7, 11) is 0. The minimum atomic E-state index is -1.82. The van der Waals surface area contributed by atoms with Gasteiger partial charge in [-0.2, -0.15) is 0 Å². The van der Waals surface area contributed by atoms with Crippen LogP contribution in [0.3, 0.4) is 0 Å². The van der Waals surface area contributed by atoms with Gasteiger partial charge in [0.25, 0.3) is 5.91 Å². The predicted molar refractivity (Wildman–Crippen MR) is 188 cm³/mol. The Bertz CT molecular complexity index is 1330. The molecule has 0 radical (unpaired) electrons. The topological polar surface area (TPSA) is 110 Å². The third kappa shape index (κ3) is 12.1. The molecule has 1 aromatic heterocycles. The second kappa shape index (κ2) is 19.9. The number of carboxylic acids is 2. The largest absolute Gasteiger partial charge is 0.473 e. The monoisotopic (exact) mass is 639 g/mol. The molecule has 9 heteroatoms. The zero-order chi connectivity index (χ0) is 33.4. The molecule has 2 aromatic carbocycles. The first-order chi connectivity index (χ1) is 21.6. The molecule has 0 fully saturated rings. The highest BCUT2D eigenvalue weighted by Gasteiger charge is 2.17. The van der Waals surface area contributed by atoms with Crippen molar-refractivity contribution in [2.75, 3.05) is 42.9 Å². The number of thiophene rings is 1. The summed E-state index contributed by atoms with van der Waals surface area (Å²) >= 11 is 1.92. The van der Waals surface area contributed by atoms with Crippen LogP contribution >= 0.6 is 11.3 Å². The van der Waals surface area contributed by atoms with E-state index in [1.807, 2.05) is 23.5 Å². The van der Waals surface area contributed by atoms with Crippen molar-refractivity contribution in [3.8, 4) is 0 Å². The van der Waals surface area contributed by atoms with Crippen LogP contribution < -0.4 is 10.2 Å². The van der Waals surface area contributed by atoms with Crippen molar-refractivity contribution in [2.45, 2.75) is 92.4 Å². The van der Waals surface area contributed by atoms with Crippen LogP contribution in [0.15, 0.2) is 42.5 Å². The Morgan fingerprint density at radius 1 is 0.778 bits per heavy atom. The number of amides is 1. The zero-order valence-corrected chi connectivity index (χ0v) is 28.8. The molecule has 0 saturated heterocycles. The van der Waals surface area contributed by atoms with E-state index >= 15 is 0 Å². The van der Waals surface area contributed by atoms with Crippen molar-refractivity contribution >= 4 is 50.6 Å². The van der Waals surface area contributed by atoms with Crippen LogP contribution in [0.2, 0.25) is 0 Å². The van der Waals surface area contributed by atoms with E-state index in [9.17, 15) is 4.79 Å². The average molecular weight is 640 g/mol. The summed E-state index contributed by atoms with van der Waals surface area (Å²) in [6.07, 6.45) is 8.29. The van der Waals surface area contributed by atoms with Gasteiger partial charge in [-0.25, -0.2) is 9.59 Å². The molecular weight excluding hydrogens is 586 g/mol. The highest BCUT2D eigenvalue weighted by Crippen LogP contribution is 2.38. The molecule has 0 bridgehead atoms. The summed E-state index contributed by atoms with van der Waals surface area (Å²) < 4.78 is 1.32. The molecule has 0 atom stereocenters. The van der Waals surface area contributed by atoms with Gasteiger partial charge in [0.05, 0.1) is 0 Å². The Morgan fingerprint density at radius 3 is 1.84 bits per heavy atom. The maximum absolute atomic E-state index is 13.2. The third-order valence-corrected chi connectivity index (χ3v) is 9.12. The summed E-state index contributed by atoms with van der Waals surface area (Å²) in [4.78, 5) is 37.9. The molecule has 3 rings (SSSR count). The molecule has 0 unspecified atom stereocenters. The summed E-state index contributed by atoms with van der Waals surface area (Å²) in [5.74, 6) is -3.21. The van der Waals surface area contributed by atoms with Crippen molar-refractivity contribution in [1.82, 2.24) is 4.90 Å². The van der Waals surface area contributed by atoms with Gasteiger partial charge < -0.3 is 25.3 Å². The van der Waals surface area contributed by atoms with Crippen molar-refractivity contribution < 1.29 is 24.6 Å². The van der Waals surface area contributed by atoms with E-state index in [1.54, 1.807) is 0 Å². The van der Waals surface area contributed by atoms with Crippen LogP contribution in [0.4, 0.5) is 11.4 Å². The van der Waals surface area contributed by atoms with Crippen LogP contribution in [0, 0.1) is 0 Å². The molecule has 0 aliphatic carbocycles. The molecule has 1 heterocycles. The lowest BCUT2D eigenvalue weighted by Gasteiger charge is -2.23. The van der Waals surface area contributed by atoms with Gasteiger partial charge in [-0.1, -0.05) is 54.4 Å². The minimum absolute atomic E-state index is 0.0513. The standard InChI is InChI=1S/C34H51N3OS.C2H2O4/c1-7-11-22-36(23-12-8-2)24-19-30-31-25-28(15-18-32(31)39-33(30)26(5)6)35-34(38)27-13-16-29(17-14-27)37(20-9-3)21-10-4;3-1(4)2(5)6/h13-18,25-26H,7-12,19-24H2,1-6H3,(H,35,38);(H,3,4)(H,5,6). The van der Waals surface area contributed by atoms with E-state index in [-0.39, 0.29) is 5.91 Å². The van der Waals surface area contributed by atoms with E-state index in [1.165, 1.54) is 65.0 Å². The lowest BCUT2D eigenvalue weighted by molar-refractivity contribution is -0.159. The first-order valence-corrected chi connectivity index (χ1v) is 17.3. The van der Waals surface area contributed by atoms with Gasteiger partial charge in [0, 0.05) is 46.1 Å². The van der Waals surface area contributed by atoms with E-state index in [0.29, 0.717) is 11.5 Å². The maximum atomic E-state index is 13.2. The number of nitrogens with one attached hydrogen (secondary N) is 1. The number of hydrogen-bond acceptors (Lipinski definition) is 6. The Balaban J connectivity index is 0.00000107. The number of carbonyl (C=O) groups excluding carboxylic acids is 1. The molecule has 3 aromatic rings. The molecule has 8 nitrogen and oxygen atoms in total. The van der Waals surface area contributed by atoms with Crippen LogP contribution in [-0.4, -0.2) is 65.7 Å². The Kier molecular flexibility index (Phi) is 16.7. The number of anilines is 2. The number of carbonyl (C=O) groups is 3. The number of carboxylic acid groups (broad SMARTS) is 2. The fourth-order valence-electron chi connectivity index (χ4n) is 5.28. The van der Waals surface area contributed by atoms with E-state index < -0.39 is 11.9 Å². The average Bonchev–Trinajstić information content (AvgIpc) is 3.39. The highest BCUT2D eigenvalue weighted by molar-refractivity contribution is 7.19. The lowest BCUT2D eigenvalue weighted by Crippen LogP contribution is -2.28.